The zero-order valence-electron chi connectivity index (χ0n) is 13.9. The average molecular weight is 340 g/mol. The van der Waals surface area contributed by atoms with Gasteiger partial charge in [-0.25, -0.2) is 9.97 Å². The summed E-state index contributed by atoms with van der Waals surface area (Å²) >= 11 is 1.68. The summed E-state index contributed by atoms with van der Waals surface area (Å²) in [7, 11) is 0. The van der Waals surface area contributed by atoms with Crippen LogP contribution in [-0.2, 0) is 12.0 Å². The van der Waals surface area contributed by atoms with Gasteiger partial charge < -0.3 is 5.73 Å². The lowest BCUT2D eigenvalue weighted by Crippen LogP contribution is -2.07. The highest BCUT2D eigenvalue weighted by molar-refractivity contribution is 7.18. The van der Waals surface area contributed by atoms with Gasteiger partial charge in [-0.2, -0.15) is 5.10 Å². The number of thiophene rings is 1. The van der Waals surface area contributed by atoms with E-state index in [1.165, 1.54) is 4.88 Å². The predicted octanol–water partition coefficient (Wildman–Crippen LogP) is 3.29. The van der Waals surface area contributed by atoms with E-state index < -0.39 is 0 Å². The Labute approximate surface area is 144 Å². The molecular weight excluding hydrogens is 320 g/mol. The van der Waals surface area contributed by atoms with Crippen LogP contribution < -0.4 is 11.2 Å². The average Bonchev–Trinajstić information content (AvgIpc) is 3.00. The van der Waals surface area contributed by atoms with E-state index in [4.69, 9.17) is 5.73 Å². The number of pyridine rings is 1. The fourth-order valence-electron chi connectivity index (χ4n) is 2.16. The molecule has 0 aromatic carbocycles. The first-order valence-corrected chi connectivity index (χ1v) is 8.49. The van der Waals surface area contributed by atoms with Crippen LogP contribution in [0.25, 0.3) is 10.2 Å². The molecule has 3 rings (SSSR count). The van der Waals surface area contributed by atoms with Gasteiger partial charge in [0.05, 0.1) is 23.0 Å². The Hall–Kier alpha value is -2.38. The van der Waals surface area contributed by atoms with E-state index in [9.17, 15) is 0 Å². The van der Waals surface area contributed by atoms with Gasteiger partial charge in [-0.3, -0.25) is 10.4 Å². The molecule has 3 aromatic heterocycles. The third kappa shape index (κ3) is 3.58. The molecule has 0 radical (unpaired) electrons. The molecule has 0 aliphatic rings. The van der Waals surface area contributed by atoms with Crippen LogP contribution in [-0.4, -0.2) is 21.2 Å². The molecule has 0 fully saturated rings. The fraction of sp³-hybridized carbons (Fsp3) is 0.294. The van der Waals surface area contributed by atoms with Crippen molar-refractivity contribution in [3.05, 3.63) is 46.9 Å². The molecule has 0 aliphatic heterocycles. The van der Waals surface area contributed by atoms with Crippen LogP contribution in [0.4, 0.5) is 5.82 Å². The van der Waals surface area contributed by atoms with Crippen molar-refractivity contribution in [2.75, 3.05) is 5.43 Å². The molecule has 6 nitrogen and oxygen atoms in total. The lowest BCUT2D eigenvalue weighted by Gasteiger charge is -2.14. The number of aromatic nitrogens is 3. The van der Waals surface area contributed by atoms with Gasteiger partial charge in [0.1, 0.15) is 11.2 Å². The second-order valence-corrected chi connectivity index (χ2v) is 7.46. The number of hydrogen-bond acceptors (Lipinski definition) is 7. The van der Waals surface area contributed by atoms with E-state index in [0.717, 1.165) is 21.6 Å². The summed E-state index contributed by atoms with van der Waals surface area (Å²) in [5, 5.41) is 5.22. The summed E-state index contributed by atoms with van der Waals surface area (Å²) in [6, 6.07) is 7.80. The highest BCUT2D eigenvalue weighted by Gasteiger charge is 2.18. The molecule has 0 atom stereocenters. The number of hydrazone groups is 1. The summed E-state index contributed by atoms with van der Waals surface area (Å²) < 4.78 is 0. The summed E-state index contributed by atoms with van der Waals surface area (Å²) in [5.74, 6) is 0.693. The van der Waals surface area contributed by atoms with Gasteiger partial charge in [-0.1, -0.05) is 26.8 Å². The van der Waals surface area contributed by atoms with E-state index >= 15 is 0 Å². The molecule has 0 unspecified atom stereocenters. The minimum absolute atomic E-state index is 0.0818. The largest absolute Gasteiger partial charge is 0.325 e. The monoisotopic (exact) mass is 340 g/mol. The van der Waals surface area contributed by atoms with Crippen LogP contribution in [0.3, 0.4) is 0 Å². The summed E-state index contributed by atoms with van der Waals surface area (Å²) in [5.41, 5.74) is 10.2. The number of nitrogens with zero attached hydrogens (tertiary/aromatic N) is 4. The molecule has 3 heterocycles. The maximum absolute atomic E-state index is 5.60. The van der Waals surface area contributed by atoms with Gasteiger partial charge in [-0.05, 0) is 23.6 Å². The number of nitrogens with one attached hydrogen (secondary N) is 1. The van der Waals surface area contributed by atoms with Gasteiger partial charge in [-0.15, -0.1) is 11.3 Å². The number of hydrogen-bond donors (Lipinski definition) is 2. The second-order valence-electron chi connectivity index (χ2n) is 6.43. The van der Waals surface area contributed by atoms with E-state index in [0.29, 0.717) is 12.4 Å². The zero-order chi connectivity index (χ0) is 17.2. The first-order valence-electron chi connectivity index (χ1n) is 7.67. The summed E-state index contributed by atoms with van der Waals surface area (Å²) in [4.78, 5) is 15.2. The first kappa shape index (κ1) is 16.5. The quantitative estimate of drug-likeness (QED) is 0.562. The molecule has 3 aromatic rings. The van der Waals surface area contributed by atoms with Crippen LogP contribution in [0.15, 0.2) is 35.7 Å². The molecule has 3 N–H and O–H groups in total. The maximum atomic E-state index is 5.60. The minimum Gasteiger partial charge on any atom is -0.325 e. The Morgan fingerprint density at radius 2 is 2.12 bits per heavy atom. The maximum Gasteiger partial charge on any atom is 0.158 e. The van der Waals surface area contributed by atoms with Gasteiger partial charge in [0, 0.05) is 11.4 Å². The molecule has 0 aliphatic carbocycles. The van der Waals surface area contributed by atoms with Crippen molar-refractivity contribution in [2.24, 2.45) is 10.8 Å². The number of nitrogens with two attached hydrogens (primary N) is 1. The molecule has 0 bridgehead atoms. The Balaban J connectivity index is 1.84. The highest BCUT2D eigenvalue weighted by Crippen LogP contribution is 2.35. The van der Waals surface area contributed by atoms with E-state index in [1.807, 2.05) is 18.2 Å². The van der Waals surface area contributed by atoms with Crippen molar-refractivity contribution < 1.29 is 0 Å². The SMILES string of the molecule is CC(C)(C)c1cc2c(N/N=C\c3cccc(CN)n3)ncnc2s1. The highest BCUT2D eigenvalue weighted by atomic mass is 32.1. The van der Waals surface area contributed by atoms with Crippen molar-refractivity contribution in [3.8, 4) is 0 Å². The number of rotatable bonds is 4. The zero-order valence-corrected chi connectivity index (χ0v) is 14.8. The third-order valence-corrected chi connectivity index (χ3v) is 4.94. The topological polar surface area (TPSA) is 89.1 Å². The van der Waals surface area contributed by atoms with Crippen molar-refractivity contribution in [1.29, 1.82) is 0 Å². The molecule has 24 heavy (non-hydrogen) atoms. The minimum atomic E-state index is 0.0818. The Morgan fingerprint density at radius 1 is 1.29 bits per heavy atom. The van der Waals surface area contributed by atoms with Crippen LogP contribution in [0.5, 0.6) is 0 Å². The van der Waals surface area contributed by atoms with E-state index in [-0.39, 0.29) is 5.41 Å². The van der Waals surface area contributed by atoms with E-state index in [1.54, 1.807) is 23.9 Å². The third-order valence-electron chi connectivity index (χ3n) is 3.47. The molecule has 124 valence electrons. The summed E-state index contributed by atoms with van der Waals surface area (Å²) in [6.45, 7) is 6.97. The molecule has 0 amide bonds. The van der Waals surface area contributed by atoms with Gasteiger partial charge in [0.2, 0.25) is 0 Å². The first-order chi connectivity index (χ1) is 11.5. The Kier molecular flexibility index (Phi) is 4.55. The standard InChI is InChI=1S/C17H20N6S/c1-17(2,3)14-7-13-15(19-10-20-16(13)24-14)23-21-9-12-6-4-5-11(8-18)22-12/h4-7,9-10H,8,18H2,1-3H3,(H,19,20,23)/b21-9-. The predicted molar refractivity (Wildman–Crippen MR) is 99.5 cm³/mol. The molecule has 0 saturated carbocycles. The van der Waals surface area contributed by atoms with Gasteiger partial charge >= 0.3 is 0 Å². The van der Waals surface area contributed by atoms with Crippen molar-refractivity contribution in [1.82, 2.24) is 15.0 Å². The Bertz CT molecular complexity index is 878. The lowest BCUT2D eigenvalue weighted by atomic mass is 9.94. The fourth-order valence-corrected chi connectivity index (χ4v) is 3.21. The second kappa shape index (κ2) is 6.62. The van der Waals surface area contributed by atoms with Gasteiger partial charge in [0.25, 0.3) is 0 Å². The Morgan fingerprint density at radius 3 is 2.88 bits per heavy atom. The number of anilines is 1. The van der Waals surface area contributed by atoms with Crippen LogP contribution >= 0.6 is 11.3 Å². The molecule has 7 heteroatoms. The van der Waals surface area contributed by atoms with Crippen molar-refractivity contribution in [2.45, 2.75) is 32.7 Å². The van der Waals surface area contributed by atoms with Gasteiger partial charge in [0.15, 0.2) is 5.82 Å². The number of fused-ring (bicyclic) bond motifs is 1. The van der Waals surface area contributed by atoms with Crippen LogP contribution in [0.1, 0.15) is 37.0 Å². The van der Waals surface area contributed by atoms with Crippen molar-refractivity contribution in [3.63, 3.8) is 0 Å². The van der Waals surface area contributed by atoms with Crippen molar-refractivity contribution >= 4 is 33.6 Å². The molecule has 0 saturated heterocycles. The van der Waals surface area contributed by atoms with Crippen LogP contribution in [0, 0.1) is 0 Å². The van der Waals surface area contributed by atoms with E-state index in [2.05, 4.69) is 52.3 Å². The van der Waals surface area contributed by atoms with Crippen LogP contribution in [0.2, 0.25) is 0 Å². The molecular formula is C17H20N6S. The lowest BCUT2D eigenvalue weighted by molar-refractivity contribution is 0.604. The summed E-state index contributed by atoms with van der Waals surface area (Å²) in [6.07, 6.45) is 3.21. The normalized spacial score (nSPS) is 12.2. The molecule has 0 spiro atoms. The smallest absolute Gasteiger partial charge is 0.158 e.